The Balaban J connectivity index is 1.50. The van der Waals surface area contributed by atoms with E-state index in [9.17, 15) is 4.79 Å². The molecule has 0 radical (unpaired) electrons. The van der Waals surface area contributed by atoms with Gasteiger partial charge >= 0.3 is 6.03 Å². The third kappa shape index (κ3) is 4.46. The predicted octanol–water partition coefficient (Wildman–Crippen LogP) is 6.68. The monoisotopic (exact) mass is 517 g/mol. The molecule has 3 heterocycles. The van der Waals surface area contributed by atoms with Crippen LogP contribution in [0.15, 0.2) is 97.2 Å². The van der Waals surface area contributed by atoms with E-state index < -0.39 is 0 Å². The standard InChI is InChI=1S/C32H31N5O2/c1-4-23-12-16-25(17-13-23)33-32(38)36-21-28-22(2)34-37(26-9-6-5-7-10-26)31(28)35-20-8-11-29(35)30(36)24-14-18-27(39-3)19-15-24/h5-20,30H,4,21H2,1-3H3,(H,33,38). The molecule has 5 aromatic rings. The average Bonchev–Trinajstić information content (AvgIpc) is 3.54. The topological polar surface area (TPSA) is 64.3 Å². The van der Waals surface area contributed by atoms with E-state index in [0.717, 1.165) is 51.9 Å². The van der Waals surface area contributed by atoms with Crippen LogP contribution in [0, 0.1) is 6.92 Å². The second-order valence-corrected chi connectivity index (χ2v) is 9.72. The smallest absolute Gasteiger partial charge is 0.322 e. The number of fused-ring (bicyclic) bond motifs is 3. The number of carbonyl (C=O) groups is 1. The Hall–Kier alpha value is -4.78. The molecule has 1 N–H and O–H groups in total. The van der Waals surface area contributed by atoms with E-state index >= 15 is 0 Å². The molecule has 7 heteroatoms. The SMILES string of the molecule is CCc1ccc(NC(=O)N2Cc3c(C)nn(-c4ccccc4)c3-n3cccc3C2c2ccc(OC)cc2)cc1. The average molecular weight is 518 g/mol. The van der Waals surface area contributed by atoms with Crippen LogP contribution < -0.4 is 10.1 Å². The first-order valence-electron chi connectivity index (χ1n) is 13.2. The number of nitrogens with one attached hydrogen (secondary N) is 1. The zero-order valence-electron chi connectivity index (χ0n) is 22.3. The molecule has 2 amide bonds. The van der Waals surface area contributed by atoms with Gasteiger partial charge in [0.15, 0.2) is 0 Å². The van der Waals surface area contributed by atoms with Gasteiger partial charge in [-0.1, -0.05) is 49.4 Å². The normalized spacial score (nSPS) is 14.3. The molecule has 1 aliphatic heterocycles. The highest BCUT2D eigenvalue weighted by molar-refractivity contribution is 5.90. The van der Waals surface area contributed by atoms with Crippen molar-refractivity contribution in [1.29, 1.82) is 0 Å². The van der Waals surface area contributed by atoms with E-state index in [0.29, 0.717) is 6.54 Å². The van der Waals surface area contributed by atoms with Gasteiger partial charge in [-0.15, -0.1) is 0 Å². The van der Waals surface area contributed by atoms with Crippen molar-refractivity contribution in [2.24, 2.45) is 0 Å². The van der Waals surface area contributed by atoms with Crippen LogP contribution in [-0.4, -0.2) is 32.4 Å². The fourth-order valence-electron chi connectivity index (χ4n) is 5.31. The van der Waals surface area contributed by atoms with Crippen molar-refractivity contribution in [3.63, 3.8) is 0 Å². The molecule has 0 aliphatic carbocycles. The van der Waals surface area contributed by atoms with E-state index in [1.165, 1.54) is 5.56 Å². The highest BCUT2D eigenvalue weighted by Gasteiger charge is 2.36. The number of aryl methyl sites for hydroxylation is 2. The highest BCUT2D eigenvalue weighted by Crippen LogP contribution is 2.39. The van der Waals surface area contributed by atoms with Crippen molar-refractivity contribution in [1.82, 2.24) is 19.2 Å². The van der Waals surface area contributed by atoms with Crippen LogP contribution in [0.25, 0.3) is 11.5 Å². The van der Waals surface area contributed by atoms with Gasteiger partial charge in [0.1, 0.15) is 11.6 Å². The molecule has 0 saturated heterocycles. The maximum atomic E-state index is 14.1. The summed E-state index contributed by atoms with van der Waals surface area (Å²) in [6, 6.07) is 29.7. The number of hydrogen-bond donors (Lipinski definition) is 1. The van der Waals surface area contributed by atoms with Crippen molar-refractivity contribution in [2.45, 2.75) is 32.9 Å². The fourth-order valence-corrected chi connectivity index (χ4v) is 5.31. The lowest BCUT2D eigenvalue weighted by Gasteiger charge is -2.31. The van der Waals surface area contributed by atoms with E-state index in [4.69, 9.17) is 9.84 Å². The maximum absolute atomic E-state index is 14.1. The molecule has 1 aliphatic rings. The van der Waals surface area contributed by atoms with Crippen LogP contribution in [0.1, 0.15) is 41.0 Å². The van der Waals surface area contributed by atoms with Crippen LogP contribution >= 0.6 is 0 Å². The number of rotatable bonds is 5. The minimum Gasteiger partial charge on any atom is -0.497 e. The fraction of sp³-hybridized carbons (Fsp3) is 0.188. The van der Waals surface area contributed by atoms with Crippen LogP contribution in [0.4, 0.5) is 10.5 Å². The first-order chi connectivity index (χ1) is 19.1. The van der Waals surface area contributed by atoms with Gasteiger partial charge in [-0.25, -0.2) is 9.48 Å². The number of amides is 2. The number of aromatic nitrogens is 3. The molecule has 0 saturated carbocycles. The summed E-state index contributed by atoms with van der Waals surface area (Å²) in [6.45, 7) is 4.52. The number of anilines is 1. The Labute approximate surface area is 228 Å². The number of para-hydroxylation sites is 1. The lowest BCUT2D eigenvalue weighted by Crippen LogP contribution is -2.38. The van der Waals surface area contributed by atoms with Gasteiger partial charge in [0.05, 0.1) is 36.8 Å². The number of ether oxygens (including phenoxy) is 1. The second-order valence-electron chi connectivity index (χ2n) is 9.72. The maximum Gasteiger partial charge on any atom is 0.322 e. The summed E-state index contributed by atoms with van der Waals surface area (Å²) >= 11 is 0. The number of benzene rings is 3. The third-order valence-electron chi connectivity index (χ3n) is 7.39. The highest BCUT2D eigenvalue weighted by atomic mass is 16.5. The summed E-state index contributed by atoms with van der Waals surface area (Å²) in [5.74, 6) is 1.72. The molecule has 7 nitrogen and oxygen atoms in total. The molecule has 6 rings (SSSR count). The Bertz CT molecular complexity index is 1600. The quantitative estimate of drug-likeness (QED) is 0.283. The summed E-state index contributed by atoms with van der Waals surface area (Å²) < 4.78 is 9.56. The van der Waals surface area contributed by atoms with Crippen molar-refractivity contribution < 1.29 is 9.53 Å². The molecule has 1 atom stereocenters. The van der Waals surface area contributed by atoms with Gasteiger partial charge in [0.25, 0.3) is 0 Å². The van der Waals surface area contributed by atoms with Crippen molar-refractivity contribution >= 4 is 11.7 Å². The predicted molar refractivity (Wildman–Crippen MR) is 153 cm³/mol. The van der Waals surface area contributed by atoms with Gasteiger partial charge < -0.3 is 19.5 Å². The lowest BCUT2D eigenvalue weighted by molar-refractivity contribution is 0.194. The largest absolute Gasteiger partial charge is 0.497 e. The molecular weight excluding hydrogens is 486 g/mol. The van der Waals surface area contributed by atoms with E-state index in [2.05, 4.69) is 41.2 Å². The van der Waals surface area contributed by atoms with Crippen molar-refractivity contribution in [3.05, 3.63) is 125 Å². The molecule has 2 aromatic heterocycles. The zero-order valence-corrected chi connectivity index (χ0v) is 22.3. The van der Waals surface area contributed by atoms with Crippen LogP contribution in [0.2, 0.25) is 0 Å². The molecule has 0 spiro atoms. The Kier molecular flexibility index (Phi) is 6.40. The van der Waals surface area contributed by atoms with Gasteiger partial charge in [0, 0.05) is 17.4 Å². The third-order valence-corrected chi connectivity index (χ3v) is 7.39. The van der Waals surface area contributed by atoms with Crippen molar-refractivity contribution in [2.75, 3.05) is 12.4 Å². The second kappa shape index (κ2) is 10.2. The first-order valence-corrected chi connectivity index (χ1v) is 13.2. The minimum atomic E-state index is -0.336. The summed E-state index contributed by atoms with van der Waals surface area (Å²) in [7, 11) is 1.66. The summed E-state index contributed by atoms with van der Waals surface area (Å²) in [4.78, 5) is 16.0. The molecule has 39 heavy (non-hydrogen) atoms. The minimum absolute atomic E-state index is 0.174. The summed E-state index contributed by atoms with van der Waals surface area (Å²) in [5.41, 5.74) is 6.82. The number of hydrogen-bond acceptors (Lipinski definition) is 3. The molecule has 0 bridgehead atoms. The number of carbonyl (C=O) groups excluding carboxylic acids is 1. The lowest BCUT2D eigenvalue weighted by atomic mass is 10.0. The van der Waals surface area contributed by atoms with Crippen LogP contribution in [-0.2, 0) is 13.0 Å². The molecular formula is C32H31N5O2. The number of nitrogens with zero attached hydrogens (tertiary/aromatic N) is 4. The molecule has 0 fully saturated rings. The molecule has 3 aromatic carbocycles. The van der Waals surface area contributed by atoms with E-state index in [-0.39, 0.29) is 12.1 Å². The Morgan fingerprint density at radius 1 is 0.974 bits per heavy atom. The van der Waals surface area contributed by atoms with Gasteiger partial charge in [0.2, 0.25) is 0 Å². The number of urea groups is 1. The Morgan fingerprint density at radius 2 is 1.72 bits per heavy atom. The van der Waals surface area contributed by atoms with Gasteiger partial charge in [-0.2, -0.15) is 5.10 Å². The van der Waals surface area contributed by atoms with Gasteiger partial charge in [-0.05, 0) is 73.0 Å². The zero-order chi connectivity index (χ0) is 26.9. The molecule has 196 valence electrons. The summed E-state index contributed by atoms with van der Waals surface area (Å²) in [6.07, 6.45) is 3.00. The number of methoxy groups -OCH3 is 1. The first kappa shape index (κ1) is 24.6. The molecule has 1 unspecified atom stereocenters. The van der Waals surface area contributed by atoms with Crippen LogP contribution in [0.5, 0.6) is 5.75 Å². The van der Waals surface area contributed by atoms with E-state index in [1.54, 1.807) is 7.11 Å². The van der Waals surface area contributed by atoms with Crippen LogP contribution in [0.3, 0.4) is 0 Å². The van der Waals surface area contributed by atoms with E-state index in [1.807, 2.05) is 89.3 Å². The van der Waals surface area contributed by atoms with Crippen molar-refractivity contribution in [3.8, 4) is 17.3 Å². The Morgan fingerprint density at radius 3 is 2.41 bits per heavy atom. The summed E-state index contributed by atoms with van der Waals surface area (Å²) in [5, 5.41) is 8.07. The van der Waals surface area contributed by atoms with Gasteiger partial charge in [-0.3, -0.25) is 0 Å².